The van der Waals surface area contributed by atoms with Gasteiger partial charge in [0.05, 0.1) is 6.21 Å². The maximum atomic E-state index is 11.6. The lowest BCUT2D eigenvalue weighted by Crippen LogP contribution is -2.30. The highest BCUT2D eigenvalue weighted by molar-refractivity contribution is 6.29. The van der Waals surface area contributed by atoms with Crippen LogP contribution in [0.5, 0.6) is 0 Å². The number of carbonyl (C=O) groups is 1. The van der Waals surface area contributed by atoms with Crippen molar-refractivity contribution in [2.24, 2.45) is 5.10 Å². The van der Waals surface area contributed by atoms with E-state index in [1.54, 1.807) is 0 Å². The molecule has 0 saturated heterocycles. The predicted octanol–water partition coefficient (Wildman–Crippen LogP) is 0.419. The molecule has 0 aromatic rings. The first-order valence-corrected chi connectivity index (χ1v) is 2.86. The van der Waals surface area contributed by atoms with Gasteiger partial charge in [-0.15, -0.1) is 0 Å². The lowest BCUT2D eigenvalue weighted by molar-refractivity contribution is -0.145. The molecule has 6 heteroatoms. The summed E-state index contributed by atoms with van der Waals surface area (Å²) >= 11 is 0. The first kappa shape index (κ1) is 8.03. The summed E-state index contributed by atoms with van der Waals surface area (Å²) in [6, 6.07) is 0. The highest BCUT2D eigenvalue weighted by Gasteiger charge is 2.32. The minimum Gasteiger partial charge on any atom is -0.291 e. The van der Waals surface area contributed by atoms with Gasteiger partial charge in [0, 0.05) is 0 Å². The molecule has 0 unspecified atom stereocenters. The summed E-state index contributed by atoms with van der Waals surface area (Å²) < 4.78 is 34.8. The topological polar surface area (TPSA) is 32.7 Å². The van der Waals surface area contributed by atoms with Crippen molar-refractivity contribution in [3.8, 4) is 0 Å². The van der Waals surface area contributed by atoms with Crippen LogP contribution >= 0.6 is 0 Å². The third-order valence-electron chi connectivity index (χ3n) is 1.07. The van der Waals surface area contributed by atoms with Gasteiger partial charge < -0.3 is 0 Å². The molecular formula is C5H5F3N2O. The van der Waals surface area contributed by atoms with Crippen LogP contribution in [-0.2, 0) is 4.79 Å². The van der Waals surface area contributed by atoms with Crippen molar-refractivity contribution in [2.45, 2.75) is 6.18 Å². The van der Waals surface area contributed by atoms with Crippen LogP contribution in [0.4, 0.5) is 13.2 Å². The van der Waals surface area contributed by atoms with E-state index >= 15 is 0 Å². The molecule has 62 valence electrons. The first-order valence-electron chi connectivity index (χ1n) is 2.86. The van der Waals surface area contributed by atoms with E-state index in [0.717, 1.165) is 6.21 Å². The molecule has 1 aliphatic heterocycles. The molecule has 0 fully saturated rings. The standard InChI is InChI=1S/C5H5F3N2O/c6-5(7,8)3-10-2-4(11)1-9-10/h1H,2-3H2. The zero-order chi connectivity index (χ0) is 8.48. The van der Waals surface area contributed by atoms with Crippen LogP contribution in [0.15, 0.2) is 5.10 Å². The third-order valence-corrected chi connectivity index (χ3v) is 1.07. The number of hydrogen-bond donors (Lipinski definition) is 0. The van der Waals surface area contributed by atoms with Gasteiger partial charge in [-0.1, -0.05) is 0 Å². The van der Waals surface area contributed by atoms with Gasteiger partial charge in [0.2, 0.25) is 0 Å². The van der Waals surface area contributed by atoms with Crippen molar-refractivity contribution in [1.82, 2.24) is 5.01 Å². The molecule has 1 aliphatic rings. The van der Waals surface area contributed by atoms with Crippen molar-refractivity contribution >= 4 is 12.0 Å². The van der Waals surface area contributed by atoms with Crippen molar-refractivity contribution in [1.29, 1.82) is 0 Å². The Labute approximate surface area is 60.5 Å². The lowest BCUT2D eigenvalue weighted by atomic mass is 10.4. The van der Waals surface area contributed by atoms with Crippen LogP contribution in [0, 0.1) is 0 Å². The summed E-state index contributed by atoms with van der Waals surface area (Å²) in [6.45, 7) is -1.42. The van der Waals surface area contributed by atoms with Crippen molar-refractivity contribution < 1.29 is 18.0 Å². The highest BCUT2D eigenvalue weighted by Crippen LogP contribution is 2.17. The zero-order valence-corrected chi connectivity index (χ0v) is 5.43. The molecule has 0 saturated carbocycles. The maximum absolute atomic E-state index is 11.6. The van der Waals surface area contributed by atoms with Crippen LogP contribution < -0.4 is 0 Å². The van der Waals surface area contributed by atoms with E-state index in [-0.39, 0.29) is 6.54 Å². The average molecular weight is 166 g/mol. The summed E-state index contributed by atoms with van der Waals surface area (Å²) in [6.07, 6.45) is -3.40. The Kier molecular flexibility index (Phi) is 1.84. The Morgan fingerprint density at radius 1 is 1.64 bits per heavy atom. The molecule has 0 bridgehead atoms. The molecule has 0 radical (unpaired) electrons. The van der Waals surface area contributed by atoms with Gasteiger partial charge in [0.15, 0.2) is 5.78 Å². The molecule has 0 aromatic heterocycles. The Balaban J connectivity index is 2.42. The van der Waals surface area contributed by atoms with E-state index in [0.29, 0.717) is 5.01 Å². The summed E-state index contributed by atoms with van der Waals surface area (Å²) in [5, 5.41) is 3.92. The quantitative estimate of drug-likeness (QED) is 0.565. The van der Waals surface area contributed by atoms with Crippen LogP contribution in [0.1, 0.15) is 0 Å². The smallest absolute Gasteiger partial charge is 0.291 e. The number of Topliss-reactive ketones (excluding diaryl/α,β-unsaturated/α-hetero) is 1. The number of alkyl halides is 3. The highest BCUT2D eigenvalue weighted by atomic mass is 19.4. The molecule has 11 heavy (non-hydrogen) atoms. The predicted molar refractivity (Wildman–Crippen MR) is 31.1 cm³/mol. The number of hydrazone groups is 1. The van der Waals surface area contributed by atoms with E-state index in [2.05, 4.69) is 5.10 Å². The minimum absolute atomic E-state index is 0.264. The van der Waals surface area contributed by atoms with Gasteiger partial charge in [-0.25, -0.2) is 0 Å². The minimum atomic E-state index is -4.29. The van der Waals surface area contributed by atoms with Gasteiger partial charge in [-0.05, 0) is 0 Å². The van der Waals surface area contributed by atoms with E-state index in [9.17, 15) is 18.0 Å². The lowest BCUT2D eigenvalue weighted by Gasteiger charge is -2.14. The van der Waals surface area contributed by atoms with E-state index in [1.807, 2.05) is 0 Å². The number of rotatable bonds is 1. The van der Waals surface area contributed by atoms with E-state index in [1.165, 1.54) is 0 Å². The fraction of sp³-hybridized carbons (Fsp3) is 0.600. The maximum Gasteiger partial charge on any atom is 0.407 e. The van der Waals surface area contributed by atoms with Crippen molar-refractivity contribution in [3.63, 3.8) is 0 Å². The second kappa shape index (κ2) is 2.52. The van der Waals surface area contributed by atoms with Gasteiger partial charge in [-0.3, -0.25) is 9.80 Å². The van der Waals surface area contributed by atoms with Crippen molar-refractivity contribution in [2.75, 3.05) is 13.1 Å². The average Bonchev–Trinajstić information content (AvgIpc) is 2.10. The second-order valence-electron chi connectivity index (χ2n) is 2.15. The summed E-state index contributed by atoms with van der Waals surface area (Å²) in [7, 11) is 0. The molecule has 1 rings (SSSR count). The van der Waals surface area contributed by atoms with Gasteiger partial charge >= 0.3 is 6.18 Å². The summed E-state index contributed by atoms with van der Waals surface area (Å²) in [4.78, 5) is 10.4. The fourth-order valence-corrected chi connectivity index (χ4v) is 0.711. The molecule has 0 spiro atoms. The van der Waals surface area contributed by atoms with Crippen LogP contribution in [-0.4, -0.2) is 36.3 Å². The Morgan fingerprint density at radius 2 is 2.27 bits per heavy atom. The zero-order valence-electron chi connectivity index (χ0n) is 5.43. The van der Waals surface area contributed by atoms with Gasteiger partial charge in [0.25, 0.3) is 0 Å². The SMILES string of the molecule is O=C1C=NN(CC(F)(F)F)C1. The van der Waals surface area contributed by atoms with Gasteiger partial charge in [0.1, 0.15) is 13.1 Å². The van der Waals surface area contributed by atoms with Crippen LogP contribution in [0.2, 0.25) is 0 Å². The van der Waals surface area contributed by atoms with Crippen molar-refractivity contribution in [3.05, 3.63) is 0 Å². The Bertz CT molecular complexity index is 198. The van der Waals surface area contributed by atoms with Gasteiger partial charge in [-0.2, -0.15) is 18.3 Å². The fourth-order valence-electron chi connectivity index (χ4n) is 0.711. The molecule has 3 nitrogen and oxygen atoms in total. The number of hydrogen-bond acceptors (Lipinski definition) is 3. The molecule has 0 aliphatic carbocycles. The number of halogens is 3. The van der Waals surface area contributed by atoms with Crippen LogP contribution in [0.25, 0.3) is 0 Å². The summed E-state index contributed by atoms with van der Waals surface area (Å²) in [5.41, 5.74) is 0. The Hall–Kier alpha value is -1.07. The molecule has 1 heterocycles. The normalized spacial score (nSPS) is 18.1. The molecule has 0 aromatic carbocycles. The third kappa shape index (κ3) is 2.57. The molecular weight excluding hydrogens is 161 g/mol. The molecule has 0 N–H and O–H groups in total. The number of carbonyl (C=O) groups excluding carboxylic acids is 1. The monoisotopic (exact) mass is 166 g/mol. The summed E-state index contributed by atoms with van der Waals surface area (Å²) in [5.74, 6) is -0.394. The van der Waals surface area contributed by atoms with E-state index < -0.39 is 18.5 Å². The Morgan fingerprint density at radius 3 is 2.64 bits per heavy atom. The van der Waals surface area contributed by atoms with Crippen LogP contribution in [0.3, 0.4) is 0 Å². The largest absolute Gasteiger partial charge is 0.407 e. The molecule has 0 atom stereocenters. The second-order valence-corrected chi connectivity index (χ2v) is 2.15. The number of ketones is 1. The number of nitrogens with zero attached hydrogens (tertiary/aromatic N) is 2. The van der Waals surface area contributed by atoms with E-state index in [4.69, 9.17) is 0 Å². The molecule has 0 amide bonds. The first-order chi connectivity index (χ1) is 4.97.